The molecular formula is C16H11ClN6O. The highest BCUT2D eigenvalue weighted by atomic mass is 35.5. The van der Waals surface area contributed by atoms with Crippen LogP contribution in [0, 0.1) is 11.3 Å². The van der Waals surface area contributed by atoms with E-state index in [1.807, 2.05) is 6.07 Å². The Kier molecular flexibility index (Phi) is 4.40. The summed E-state index contributed by atoms with van der Waals surface area (Å²) in [7, 11) is 0. The SMILES string of the molecule is N#Cc1cnn(-c2ccccn2)c1NC(=O)Nc1ccc(Cl)cc1. The maximum atomic E-state index is 12.2. The predicted molar refractivity (Wildman–Crippen MR) is 90.2 cm³/mol. The Morgan fingerprint density at radius 2 is 1.96 bits per heavy atom. The van der Waals surface area contributed by atoms with Gasteiger partial charge in [-0.25, -0.2) is 9.78 Å². The molecule has 3 aromatic rings. The van der Waals surface area contributed by atoms with Gasteiger partial charge in [0.1, 0.15) is 11.6 Å². The topological polar surface area (TPSA) is 95.6 Å². The molecule has 0 saturated carbocycles. The van der Waals surface area contributed by atoms with E-state index in [0.29, 0.717) is 16.5 Å². The summed E-state index contributed by atoms with van der Waals surface area (Å²) in [6, 6.07) is 13.4. The fraction of sp³-hybridized carbons (Fsp3) is 0. The van der Waals surface area contributed by atoms with Crippen molar-refractivity contribution in [1.82, 2.24) is 14.8 Å². The van der Waals surface area contributed by atoms with E-state index < -0.39 is 6.03 Å². The minimum atomic E-state index is -0.508. The van der Waals surface area contributed by atoms with Gasteiger partial charge < -0.3 is 5.32 Å². The summed E-state index contributed by atoms with van der Waals surface area (Å²) in [6.45, 7) is 0. The molecule has 0 aliphatic rings. The van der Waals surface area contributed by atoms with Crippen LogP contribution in [0.15, 0.2) is 54.9 Å². The number of nitriles is 1. The van der Waals surface area contributed by atoms with Crippen molar-refractivity contribution in [3.63, 3.8) is 0 Å². The summed E-state index contributed by atoms with van der Waals surface area (Å²) in [4.78, 5) is 16.4. The maximum absolute atomic E-state index is 12.2. The van der Waals surface area contributed by atoms with Gasteiger partial charge in [0, 0.05) is 16.9 Å². The summed E-state index contributed by atoms with van der Waals surface area (Å²) in [5.74, 6) is 0.725. The van der Waals surface area contributed by atoms with Crippen LogP contribution in [0.2, 0.25) is 5.02 Å². The standard InChI is InChI=1S/C16H11ClN6O/c17-12-4-6-13(7-5-12)21-16(24)22-15-11(9-18)10-20-23(15)14-3-1-2-8-19-14/h1-8,10H,(H2,21,22,24). The average molecular weight is 339 g/mol. The lowest BCUT2D eigenvalue weighted by Gasteiger charge is -2.10. The molecule has 7 nitrogen and oxygen atoms in total. The number of pyridine rings is 1. The van der Waals surface area contributed by atoms with E-state index in [2.05, 4.69) is 20.7 Å². The van der Waals surface area contributed by atoms with Gasteiger partial charge in [0.05, 0.1) is 6.20 Å². The lowest BCUT2D eigenvalue weighted by Crippen LogP contribution is -2.22. The highest BCUT2D eigenvalue weighted by Crippen LogP contribution is 2.19. The number of urea groups is 1. The summed E-state index contributed by atoms with van der Waals surface area (Å²) in [5, 5.41) is 19.2. The molecule has 2 aromatic heterocycles. The number of amides is 2. The number of aromatic nitrogens is 3. The minimum Gasteiger partial charge on any atom is -0.308 e. The summed E-state index contributed by atoms with van der Waals surface area (Å²) in [6.07, 6.45) is 2.97. The number of hydrogen-bond acceptors (Lipinski definition) is 4. The first-order chi connectivity index (χ1) is 11.7. The lowest BCUT2D eigenvalue weighted by molar-refractivity contribution is 0.262. The van der Waals surface area contributed by atoms with Gasteiger partial charge in [0.15, 0.2) is 11.6 Å². The fourth-order valence-corrected chi connectivity index (χ4v) is 2.13. The van der Waals surface area contributed by atoms with E-state index in [1.165, 1.54) is 10.9 Å². The van der Waals surface area contributed by atoms with Gasteiger partial charge in [-0.1, -0.05) is 17.7 Å². The second-order valence-electron chi connectivity index (χ2n) is 4.70. The van der Waals surface area contributed by atoms with Crippen molar-refractivity contribution in [2.75, 3.05) is 10.6 Å². The van der Waals surface area contributed by atoms with Crippen molar-refractivity contribution >= 4 is 29.1 Å². The lowest BCUT2D eigenvalue weighted by atomic mass is 10.3. The van der Waals surface area contributed by atoms with E-state index in [9.17, 15) is 10.1 Å². The Labute approximate surface area is 142 Å². The summed E-state index contributed by atoms with van der Waals surface area (Å²) < 4.78 is 1.39. The molecule has 0 aliphatic heterocycles. The molecule has 0 spiro atoms. The predicted octanol–water partition coefficient (Wildman–Crippen LogP) is 3.44. The molecule has 2 N–H and O–H groups in total. The van der Waals surface area contributed by atoms with Crippen molar-refractivity contribution in [3.05, 3.63) is 65.4 Å². The third-order valence-corrected chi connectivity index (χ3v) is 3.34. The molecule has 24 heavy (non-hydrogen) atoms. The number of nitrogens with one attached hydrogen (secondary N) is 2. The van der Waals surface area contributed by atoms with Crippen LogP contribution in [-0.4, -0.2) is 20.8 Å². The first-order valence-corrected chi connectivity index (χ1v) is 7.28. The van der Waals surface area contributed by atoms with Gasteiger partial charge in [-0.15, -0.1) is 0 Å². The van der Waals surface area contributed by atoms with Gasteiger partial charge in [-0.05, 0) is 36.4 Å². The highest BCUT2D eigenvalue weighted by Gasteiger charge is 2.15. The smallest absolute Gasteiger partial charge is 0.308 e. The van der Waals surface area contributed by atoms with E-state index in [4.69, 9.17) is 11.6 Å². The van der Waals surface area contributed by atoms with Gasteiger partial charge >= 0.3 is 6.03 Å². The second kappa shape index (κ2) is 6.81. The molecule has 0 unspecified atom stereocenters. The van der Waals surface area contributed by atoms with Crippen molar-refractivity contribution in [2.45, 2.75) is 0 Å². The minimum absolute atomic E-state index is 0.229. The average Bonchev–Trinajstić information content (AvgIpc) is 3.00. The molecule has 0 aliphatic carbocycles. The molecule has 0 saturated heterocycles. The Balaban J connectivity index is 1.84. The van der Waals surface area contributed by atoms with Crippen LogP contribution in [0.5, 0.6) is 0 Å². The molecule has 2 heterocycles. The number of nitrogens with zero attached hydrogens (tertiary/aromatic N) is 4. The van der Waals surface area contributed by atoms with E-state index in [0.717, 1.165) is 0 Å². The van der Waals surface area contributed by atoms with E-state index in [1.54, 1.807) is 48.7 Å². The Morgan fingerprint density at radius 3 is 2.62 bits per heavy atom. The zero-order chi connectivity index (χ0) is 16.9. The first-order valence-electron chi connectivity index (χ1n) is 6.90. The van der Waals surface area contributed by atoms with Crippen LogP contribution in [0.4, 0.5) is 16.3 Å². The number of anilines is 2. The van der Waals surface area contributed by atoms with Crippen molar-refractivity contribution in [1.29, 1.82) is 5.26 Å². The summed E-state index contributed by atoms with van der Waals surface area (Å²) >= 11 is 5.81. The number of carbonyl (C=O) groups excluding carboxylic acids is 1. The van der Waals surface area contributed by atoms with E-state index >= 15 is 0 Å². The fourth-order valence-electron chi connectivity index (χ4n) is 2.01. The van der Waals surface area contributed by atoms with Gasteiger partial charge in [-0.2, -0.15) is 15.0 Å². The quantitative estimate of drug-likeness (QED) is 0.764. The third-order valence-electron chi connectivity index (χ3n) is 3.09. The van der Waals surface area contributed by atoms with E-state index in [-0.39, 0.29) is 11.4 Å². The van der Waals surface area contributed by atoms with Crippen LogP contribution in [0.25, 0.3) is 5.82 Å². The molecule has 0 bridgehead atoms. The second-order valence-corrected chi connectivity index (χ2v) is 5.14. The number of halogens is 1. The third kappa shape index (κ3) is 3.34. The highest BCUT2D eigenvalue weighted by molar-refractivity contribution is 6.30. The molecule has 3 rings (SSSR count). The molecule has 8 heteroatoms. The van der Waals surface area contributed by atoms with Crippen LogP contribution in [-0.2, 0) is 0 Å². The molecule has 118 valence electrons. The monoisotopic (exact) mass is 338 g/mol. The molecule has 2 amide bonds. The van der Waals surface area contributed by atoms with Gasteiger partial charge in [-0.3, -0.25) is 5.32 Å². The number of carbonyl (C=O) groups is 1. The van der Waals surface area contributed by atoms with Gasteiger partial charge in [0.2, 0.25) is 0 Å². The van der Waals surface area contributed by atoms with Crippen LogP contribution in [0.1, 0.15) is 5.56 Å². The van der Waals surface area contributed by atoms with Crippen LogP contribution < -0.4 is 10.6 Å². The number of rotatable bonds is 3. The molecule has 0 atom stereocenters. The zero-order valence-corrected chi connectivity index (χ0v) is 13.0. The Hall–Kier alpha value is -3.37. The summed E-state index contributed by atoms with van der Waals surface area (Å²) in [5.41, 5.74) is 0.797. The van der Waals surface area contributed by atoms with Crippen molar-refractivity contribution < 1.29 is 4.79 Å². The normalized spacial score (nSPS) is 10.0. The van der Waals surface area contributed by atoms with Crippen LogP contribution in [0.3, 0.4) is 0 Å². The van der Waals surface area contributed by atoms with Crippen molar-refractivity contribution in [2.24, 2.45) is 0 Å². The maximum Gasteiger partial charge on any atom is 0.324 e. The zero-order valence-electron chi connectivity index (χ0n) is 12.3. The Morgan fingerprint density at radius 1 is 1.17 bits per heavy atom. The first kappa shape index (κ1) is 15.5. The van der Waals surface area contributed by atoms with Crippen molar-refractivity contribution in [3.8, 4) is 11.9 Å². The van der Waals surface area contributed by atoms with Crippen LogP contribution >= 0.6 is 11.6 Å². The largest absolute Gasteiger partial charge is 0.324 e. The van der Waals surface area contributed by atoms with Gasteiger partial charge in [0.25, 0.3) is 0 Å². The molecule has 0 fully saturated rings. The Bertz CT molecular complexity index is 899. The number of hydrogen-bond donors (Lipinski definition) is 2. The number of benzene rings is 1. The molecular weight excluding hydrogens is 328 g/mol. The molecule has 1 aromatic carbocycles. The molecule has 0 radical (unpaired) electrons.